The summed E-state index contributed by atoms with van der Waals surface area (Å²) in [4.78, 5) is 12.2. The number of hydrogen-bond acceptors (Lipinski definition) is 4. The molecule has 0 radical (unpaired) electrons. The van der Waals surface area contributed by atoms with Gasteiger partial charge in [-0.15, -0.1) is 0 Å². The van der Waals surface area contributed by atoms with Crippen LogP contribution in [0.1, 0.15) is 30.1 Å². The topological polar surface area (TPSA) is 89.7 Å². The monoisotopic (exact) mass is 380 g/mol. The predicted molar refractivity (Wildman–Crippen MR) is 83.5 cm³/mol. The molecule has 25 heavy (non-hydrogen) atoms. The highest BCUT2D eigenvalue weighted by atomic mass is 32.2. The van der Waals surface area contributed by atoms with E-state index in [-0.39, 0.29) is 31.5 Å². The molecule has 10 heteroatoms. The first-order chi connectivity index (χ1) is 11.5. The Morgan fingerprint density at radius 1 is 1.28 bits per heavy atom. The first-order valence-corrected chi connectivity index (χ1v) is 9.11. The van der Waals surface area contributed by atoms with E-state index in [0.717, 1.165) is 4.31 Å². The van der Waals surface area contributed by atoms with E-state index in [1.807, 2.05) is 0 Å². The Balaban J connectivity index is 2.10. The van der Waals surface area contributed by atoms with Crippen LogP contribution in [0.2, 0.25) is 0 Å². The number of hydrogen-bond donors (Lipinski definition) is 1. The Labute approximate surface area is 143 Å². The Hall–Kier alpha value is -1.65. The fourth-order valence-electron chi connectivity index (χ4n) is 2.75. The molecule has 1 heterocycles. The summed E-state index contributed by atoms with van der Waals surface area (Å²) in [5.74, 6) is -1.79. The van der Waals surface area contributed by atoms with Crippen LogP contribution in [0.4, 0.5) is 13.2 Å². The molecule has 0 aromatic heterocycles. The van der Waals surface area contributed by atoms with Crippen molar-refractivity contribution in [1.29, 1.82) is 0 Å². The Morgan fingerprint density at radius 3 is 2.32 bits per heavy atom. The highest BCUT2D eigenvalue weighted by Crippen LogP contribution is 2.38. The molecule has 2 N–H and O–H groups in total. The van der Waals surface area contributed by atoms with Gasteiger partial charge >= 0.3 is 12.1 Å². The minimum atomic E-state index is -4.75. The molecule has 0 bridgehead atoms. The molecule has 0 aliphatic carbocycles. The zero-order chi connectivity index (χ0) is 18.8. The summed E-state index contributed by atoms with van der Waals surface area (Å²) in [7, 11) is -3.87. The number of carbonyl (C=O) groups excluding carboxylic acids is 1. The number of rotatable bonds is 4. The third kappa shape index (κ3) is 4.93. The summed E-state index contributed by atoms with van der Waals surface area (Å²) in [6.45, 7) is 1.45. The molecule has 1 aromatic carbocycles. The van der Waals surface area contributed by atoms with Crippen LogP contribution in [0, 0.1) is 12.8 Å². The molecule has 1 aliphatic heterocycles. The minimum absolute atomic E-state index is 0.0281. The largest absolute Gasteiger partial charge is 0.447 e. The van der Waals surface area contributed by atoms with Crippen LogP contribution < -0.4 is 5.14 Å². The second-order valence-electron chi connectivity index (χ2n) is 5.93. The van der Waals surface area contributed by atoms with Crippen LogP contribution in [-0.4, -0.2) is 38.0 Å². The van der Waals surface area contributed by atoms with Crippen LogP contribution in [-0.2, 0) is 19.7 Å². The SMILES string of the molecule is Cc1ccccc1[C@H](OC(=O)C1CCN(S(N)(=O)=O)CC1)C(F)(F)F. The summed E-state index contributed by atoms with van der Waals surface area (Å²) in [5, 5.41) is 5.00. The lowest BCUT2D eigenvalue weighted by Crippen LogP contribution is -2.44. The number of nitrogens with two attached hydrogens (primary N) is 1. The number of esters is 1. The van der Waals surface area contributed by atoms with E-state index in [2.05, 4.69) is 0 Å². The number of aryl methyl sites for hydroxylation is 1. The van der Waals surface area contributed by atoms with Crippen molar-refractivity contribution in [2.24, 2.45) is 11.1 Å². The molecule has 1 aliphatic rings. The quantitative estimate of drug-likeness (QED) is 0.810. The van der Waals surface area contributed by atoms with Gasteiger partial charge in [0.05, 0.1) is 5.92 Å². The van der Waals surface area contributed by atoms with Gasteiger partial charge in [-0.3, -0.25) is 4.79 Å². The first kappa shape index (κ1) is 19.7. The van der Waals surface area contributed by atoms with Crippen molar-refractivity contribution >= 4 is 16.2 Å². The summed E-state index contributed by atoms with van der Waals surface area (Å²) >= 11 is 0. The van der Waals surface area contributed by atoms with Crippen LogP contribution in [0.15, 0.2) is 24.3 Å². The standard InChI is InChI=1S/C15H19F3N2O4S/c1-10-4-2-3-5-12(10)13(15(16,17)18)24-14(21)11-6-8-20(9-7-11)25(19,22)23/h2-5,11,13H,6-9H2,1H3,(H2,19,22,23)/t13-/m0/s1. The first-order valence-electron chi connectivity index (χ1n) is 7.60. The normalized spacial score (nSPS) is 18.8. The summed E-state index contributed by atoms with van der Waals surface area (Å²) in [6, 6.07) is 5.81. The summed E-state index contributed by atoms with van der Waals surface area (Å²) in [6.07, 6.45) is -6.97. The van der Waals surface area contributed by atoms with Crippen molar-refractivity contribution < 1.29 is 31.1 Å². The van der Waals surface area contributed by atoms with E-state index >= 15 is 0 Å². The molecule has 1 fully saturated rings. The van der Waals surface area contributed by atoms with Crippen molar-refractivity contribution in [2.45, 2.75) is 32.0 Å². The van der Waals surface area contributed by atoms with E-state index in [1.54, 1.807) is 6.07 Å². The van der Waals surface area contributed by atoms with Gasteiger partial charge in [0.15, 0.2) is 0 Å². The zero-order valence-electron chi connectivity index (χ0n) is 13.5. The van der Waals surface area contributed by atoms with Gasteiger partial charge in [-0.2, -0.15) is 25.9 Å². The Bertz CT molecular complexity index is 729. The van der Waals surface area contributed by atoms with Crippen molar-refractivity contribution in [3.05, 3.63) is 35.4 Å². The smallest absolute Gasteiger partial charge is 0.429 e. The number of piperidine rings is 1. The number of carbonyl (C=O) groups is 1. The number of benzene rings is 1. The second-order valence-corrected chi connectivity index (χ2v) is 7.48. The average Bonchev–Trinajstić information content (AvgIpc) is 2.51. The fraction of sp³-hybridized carbons (Fsp3) is 0.533. The molecule has 2 rings (SSSR count). The molecule has 0 amide bonds. The van der Waals surface area contributed by atoms with Gasteiger partial charge in [0, 0.05) is 18.7 Å². The lowest BCUT2D eigenvalue weighted by atomic mass is 9.98. The Kier molecular flexibility index (Phi) is 5.75. The van der Waals surface area contributed by atoms with Crippen molar-refractivity contribution in [3.63, 3.8) is 0 Å². The number of nitrogens with zero attached hydrogens (tertiary/aromatic N) is 1. The molecular weight excluding hydrogens is 361 g/mol. The molecule has 1 atom stereocenters. The molecule has 1 aromatic rings. The van der Waals surface area contributed by atoms with Crippen LogP contribution in [0.25, 0.3) is 0 Å². The third-order valence-electron chi connectivity index (χ3n) is 4.15. The van der Waals surface area contributed by atoms with Crippen molar-refractivity contribution in [3.8, 4) is 0 Å². The molecular formula is C15H19F3N2O4S. The van der Waals surface area contributed by atoms with Gasteiger partial charge in [-0.1, -0.05) is 24.3 Å². The van der Waals surface area contributed by atoms with Gasteiger partial charge in [0.2, 0.25) is 6.10 Å². The van der Waals surface area contributed by atoms with Gasteiger partial charge in [-0.05, 0) is 25.3 Å². The van der Waals surface area contributed by atoms with Gasteiger partial charge in [-0.25, -0.2) is 5.14 Å². The maximum atomic E-state index is 13.4. The molecule has 1 saturated heterocycles. The van der Waals surface area contributed by atoms with E-state index in [0.29, 0.717) is 5.56 Å². The minimum Gasteiger partial charge on any atom is -0.447 e. The number of alkyl halides is 3. The van der Waals surface area contributed by atoms with Gasteiger partial charge in [0.25, 0.3) is 10.2 Å². The highest BCUT2D eigenvalue weighted by Gasteiger charge is 2.45. The molecule has 0 unspecified atom stereocenters. The van der Waals surface area contributed by atoms with Crippen molar-refractivity contribution in [1.82, 2.24) is 4.31 Å². The van der Waals surface area contributed by atoms with Gasteiger partial charge < -0.3 is 4.74 Å². The van der Waals surface area contributed by atoms with E-state index < -0.39 is 34.4 Å². The molecule has 6 nitrogen and oxygen atoms in total. The zero-order valence-corrected chi connectivity index (χ0v) is 14.3. The van der Waals surface area contributed by atoms with Crippen LogP contribution >= 0.6 is 0 Å². The lowest BCUT2D eigenvalue weighted by Gasteiger charge is -2.30. The van der Waals surface area contributed by atoms with E-state index in [9.17, 15) is 26.4 Å². The van der Waals surface area contributed by atoms with E-state index in [1.165, 1.54) is 25.1 Å². The average molecular weight is 380 g/mol. The van der Waals surface area contributed by atoms with Crippen LogP contribution in [0.5, 0.6) is 0 Å². The maximum Gasteiger partial charge on any atom is 0.429 e. The predicted octanol–water partition coefficient (Wildman–Crippen LogP) is 2.06. The summed E-state index contributed by atoms with van der Waals surface area (Å²) in [5.41, 5.74) is 0.243. The second kappa shape index (κ2) is 7.30. The summed E-state index contributed by atoms with van der Waals surface area (Å²) < 4.78 is 68.3. The maximum absolute atomic E-state index is 13.4. The molecule has 0 saturated carbocycles. The highest BCUT2D eigenvalue weighted by molar-refractivity contribution is 7.86. The fourth-order valence-corrected chi connectivity index (χ4v) is 3.47. The Morgan fingerprint density at radius 2 is 1.84 bits per heavy atom. The van der Waals surface area contributed by atoms with E-state index in [4.69, 9.17) is 9.88 Å². The molecule has 0 spiro atoms. The van der Waals surface area contributed by atoms with Crippen molar-refractivity contribution in [2.75, 3.05) is 13.1 Å². The van der Waals surface area contributed by atoms with Crippen LogP contribution in [0.3, 0.4) is 0 Å². The third-order valence-corrected chi connectivity index (χ3v) is 5.23. The van der Waals surface area contributed by atoms with Gasteiger partial charge in [0.1, 0.15) is 0 Å². The number of ether oxygens (including phenoxy) is 1. The lowest BCUT2D eigenvalue weighted by molar-refractivity contribution is -0.226. The number of halogens is 3. The molecule has 140 valence electrons.